The Labute approximate surface area is 117 Å². The molecule has 0 aliphatic carbocycles. The monoisotopic (exact) mass is 274 g/mol. The molecule has 0 bridgehead atoms. The molecular formula is C13H18N6O. The maximum Gasteiger partial charge on any atom is 0.272 e. The van der Waals surface area contributed by atoms with Gasteiger partial charge in [-0.05, 0) is 18.6 Å². The molecule has 0 fully saturated rings. The number of aromatic amines is 1. The van der Waals surface area contributed by atoms with E-state index in [0.29, 0.717) is 18.1 Å². The number of anilines is 1. The van der Waals surface area contributed by atoms with Crippen LogP contribution >= 0.6 is 0 Å². The fraction of sp³-hybridized carbons (Fsp3) is 0.385. The van der Waals surface area contributed by atoms with Crippen LogP contribution in [0.4, 0.5) is 5.69 Å². The van der Waals surface area contributed by atoms with Crippen LogP contribution in [0, 0.1) is 0 Å². The van der Waals surface area contributed by atoms with Crippen molar-refractivity contribution in [3.63, 3.8) is 0 Å². The first-order valence-corrected chi connectivity index (χ1v) is 6.50. The normalized spacial score (nSPS) is 10.3. The van der Waals surface area contributed by atoms with Gasteiger partial charge in [-0.15, -0.1) is 0 Å². The van der Waals surface area contributed by atoms with Gasteiger partial charge in [-0.3, -0.25) is 14.9 Å². The summed E-state index contributed by atoms with van der Waals surface area (Å²) in [7, 11) is 1.71. The van der Waals surface area contributed by atoms with Crippen LogP contribution in [0.3, 0.4) is 0 Å². The van der Waals surface area contributed by atoms with Crippen LogP contribution in [-0.2, 0) is 6.54 Å². The number of nitrogens with zero attached hydrogens (tertiary/aromatic N) is 4. The van der Waals surface area contributed by atoms with E-state index < -0.39 is 0 Å². The van der Waals surface area contributed by atoms with Gasteiger partial charge in [-0.25, -0.2) is 4.98 Å². The molecule has 2 aromatic rings. The number of nitrogens with one attached hydrogen (secondary N) is 2. The summed E-state index contributed by atoms with van der Waals surface area (Å²) < 4.78 is 0. The number of amides is 1. The first kappa shape index (κ1) is 14.0. The maximum absolute atomic E-state index is 12.3. The Hall–Kier alpha value is -2.44. The van der Waals surface area contributed by atoms with E-state index >= 15 is 0 Å². The van der Waals surface area contributed by atoms with Crippen molar-refractivity contribution in [1.29, 1.82) is 0 Å². The molecule has 0 aliphatic rings. The third-order valence-electron chi connectivity index (χ3n) is 2.76. The van der Waals surface area contributed by atoms with E-state index in [4.69, 9.17) is 0 Å². The van der Waals surface area contributed by atoms with Gasteiger partial charge in [-0.2, -0.15) is 5.10 Å². The number of hydrogen-bond acceptors (Lipinski definition) is 5. The fourth-order valence-corrected chi connectivity index (χ4v) is 1.73. The molecule has 0 aliphatic heterocycles. The zero-order valence-corrected chi connectivity index (χ0v) is 11.6. The lowest BCUT2D eigenvalue weighted by Gasteiger charge is -2.15. The minimum atomic E-state index is -0.151. The molecule has 7 heteroatoms. The number of pyridine rings is 1. The molecule has 0 saturated heterocycles. The Morgan fingerprint density at radius 3 is 3.00 bits per heavy atom. The van der Waals surface area contributed by atoms with Crippen molar-refractivity contribution in [2.24, 2.45) is 0 Å². The van der Waals surface area contributed by atoms with Crippen molar-refractivity contribution in [2.45, 2.75) is 19.9 Å². The third-order valence-corrected chi connectivity index (χ3v) is 2.76. The Bertz CT molecular complexity index is 554. The van der Waals surface area contributed by atoms with Gasteiger partial charge < -0.3 is 10.2 Å². The van der Waals surface area contributed by atoms with E-state index in [2.05, 4.69) is 32.4 Å². The van der Waals surface area contributed by atoms with Gasteiger partial charge >= 0.3 is 0 Å². The molecule has 0 spiro atoms. The Kier molecular flexibility index (Phi) is 4.65. The Morgan fingerprint density at radius 2 is 2.30 bits per heavy atom. The molecule has 2 rings (SSSR count). The molecule has 20 heavy (non-hydrogen) atoms. The summed E-state index contributed by atoms with van der Waals surface area (Å²) in [6.07, 6.45) is 4.08. The smallest absolute Gasteiger partial charge is 0.272 e. The number of H-pyrrole nitrogens is 1. The molecule has 1 amide bonds. The number of aromatic nitrogens is 4. The van der Waals surface area contributed by atoms with Crippen LogP contribution in [0.25, 0.3) is 0 Å². The van der Waals surface area contributed by atoms with E-state index in [1.165, 1.54) is 6.33 Å². The van der Waals surface area contributed by atoms with Gasteiger partial charge in [0, 0.05) is 25.5 Å². The van der Waals surface area contributed by atoms with Crippen molar-refractivity contribution in [2.75, 3.05) is 18.9 Å². The molecule has 0 atom stereocenters. The van der Waals surface area contributed by atoms with Gasteiger partial charge in [-0.1, -0.05) is 6.92 Å². The zero-order chi connectivity index (χ0) is 14.4. The number of carbonyl (C=O) groups excluding carboxylic acids is 1. The summed E-state index contributed by atoms with van der Waals surface area (Å²) in [6.45, 7) is 3.32. The van der Waals surface area contributed by atoms with Crippen molar-refractivity contribution < 1.29 is 4.79 Å². The minimum absolute atomic E-state index is 0.151. The van der Waals surface area contributed by atoms with Gasteiger partial charge in [0.25, 0.3) is 5.91 Å². The summed E-state index contributed by atoms with van der Waals surface area (Å²) >= 11 is 0. The fourth-order valence-electron chi connectivity index (χ4n) is 1.73. The molecule has 0 saturated carbocycles. The second-order valence-corrected chi connectivity index (χ2v) is 4.45. The van der Waals surface area contributed by atoms with E-state index in [1.807, 2.05) is 6.07 Å². The molecular weight excluding hydrogens is 256 g/mol. The van der Waals surface area contributed by atoms with E-state index in [-0.39, 0.29) is 5.91 Å². The average molecular weight is 274 g/mol. The van der Waals surface area contributed by atoms with Gasteiger partial charge in [0.1, 0.15) is 17.8 Å². The molecule has 2 aromatic heterocycles. The molecule has 0 aromatic carbocycles. The standard InChI is InChI=1S/C13H18N6O/c1-3-5-14-10-4-6-15-11(7-10)13(20)19(2)8-12-16-9-17-18-12/h4,6-7,9H,3,5,8H2,1-2H3,(H,14,15)(H,16,17,18). The molecule has 2 heterocycles. The van der Waals surface area contributed by atoms with Crippen molar-refractivity contribution in [1.82, 2.24) is 25.1 Å². The molecule has 0 unspecified atom stereocenters. The SMILES string of the molecule is CCCNc1ccnc(C(=O)N(C)Cc2ncn[nH]2)c1. The number of hydrogen-bond donors (Lipinski definition) is 2. The lowest BCUT2D eigenvalue weighted by molar-refractivity contribution is 0.0776. The highest BCUT2D eigenvalue weighted by molar-refractivity contribution is 5.92. The van der Waals surface area contributed by atoms with Gasteiger partial charge in [0.15, 0.2) is 0 Å². The molecule has 2 N–H and O–H groups in total. The first-order chi connectivity index (χ1) is 9.70. The predicted molar refractivity (Wildman–Crippen MR) is 75.2 cm³/mol. The van der Waals surface area contributed by atoms with Crippen LogP contribution in [0.2, 0.25) is 0 Å². The summed E-state index contributed by atoms with van der Waals surface area (Å²) in [6, 6.07) is 3.61. The number of rotatable bonds is 6. The van der Waals surface area contributed by atoms with Crippen LogP contribution in [0.5, 0.6) is 0 Å². The van der Waals surface area contributed by atoms with Crippen LogP contribution in [0.1, 0.15) is 29.7 Å². The summed E-state index contributed by atoms with van der Waals surface area (Å²) in [5.74, 6) is 0.489. The van der Waals surface area contributed by atoms with Crippen LogP contribution in [0.15, 0.2) is 24.7 Å². The predicted octanol–water partition coefficient (Wildman–Crippen LogP) is 1.29. The largest absolute Gasteiger partial charge is 0.385 e. The lowest BCUT2D eigenvalue weighted by atomic mass is 10.2. The topological polar surface area (TPSA) is 86.8 Å². The quantitative estimate of drug-likeness (QED) is 0.829. The minimum Gasteiger partial charge on any atom is -0.385 e. The van der Waals surface area contributed by atoms with Crippen LogP contribution in [-0.4, -0.2) is 44.6 Å². The van der Waals surface area contributed by atoms with E-state index in [1.54, 1.807) is 24.2 Å². The zero-order valence-electron chi connectivity index (χ0n) is 11.6. The Morgan fingerprint density at radius 1 is 1.45 bits per heavy atom. The van der Waals surface area contributed by atoms with Crippen LogP contribution < -0.4 is 5.32 Å². The molecule has 0 radical (unpaired) electrons. The average Bonchev–Trinajstić information content (AvgIpc) is 2.97. The second-order valence-electron chi connectivity index (χ2n) is 4.45. The Balaban J connectivity index is 2.04. The molecule has 106 valence electrons. The number of carbonyl (C=O) groups is 1. The highest BCUT2D eigenvalue weighted by Crippen LogP contribution is 2.10. The maximum atomic E-state index is 12.3. The van der Waals surface area contributed by atoms with E-state index in [0.717, 1.165) is 18.7 Å². The lowest BCUT2D eigenvalue weighted by Crippen LogP contribution is -2.27. The first-order valence-electron chi connectivity index (χ1n) is 6.50. The highest BCUT2D eigenvalue weighted by atomic mass is 16.2. The summed E-state index contributed by atoms with van der Waals surface area (Å²) in [5.41, 5.74) is 1.31. The van der Waals surface area contributed by atoms with E-state index in [9.17, 15) is 4.79 Å². The highest BCUT2D eigenvalue weighted by Gasteiger charge is 2.14. The second kappa shape index (κ2) is 6.65. The van der Waals surface area contributed by atoms with Crippen molar-refractivity contribution in [3.8, 4) is 0 Å². The van der Waals surface area contributed by atoms with Crippen molar-refractivity contribution >= 4 is 11.6 Å². The third kappa shape index (κ3) is 3.53. The summed E-state index contributed by atoms with van der Waals surface area (Å²) in [5, 5.41) is 9.72. The molecule has 7 nitrogen and oxygen atoms in total. The van der Waals surface area contributed by atoms with Crippen molar-refractivity contribution in [3.05, 3.63) is 36.2 Å². The summed E-state index contributed by atoms with van der Waals surface area (Å²) in [4.78, 5) is 21.9. The van der Waals surface area contributed by atoms with Gasteiger partial charge in [0.2, 0.25) is 0 Å². The van der Waals surface area contributed by atoms with Gasteiger partial charge in [0.05, 0.1) is 6.54 Å².